The molecule has 134 valence electrons. The van der Waals surface area contributed by atoms with E-state index in [1.54, 1.807) is 29.5 Å². The average molecular weight is 387 g/mol. The fourth-order valence-corrected chi connectivity index (χ4v) is 4.13. The van der Waals surface area contributed by atoms with Crippen LogP contribution in [-0.2, 0) is 4.79 Å². The molecule has 2 amide bonds. The van der Waals surface area contributed by atoms with Gasteiger partial charge in [0.05, 0.1) is 23.4 Å². The van der Waals surface area contributed by atoms with Gasteiger partial charge in [0.15, 0.2) is 0 Å². The Balaban J connectivity index is 1.83. The number of aryl methyl sites for hydroxylation is 1. The highest BCUT2D eigenvalue weighted by molar-refractivity contribution is 7.22. The topological polar surface area (TPSA) is 80.3 Å². The molecule has 2 aromatic heterocycles. The first-order valence-corrected chi connectivity index (χ1v) is 9.46. The second-order valence-corrected chi connectivity index (χ2v) is 7.41. The third kappa shape index (κ3) is 3.92. The Kier molecular flexibility index (Phi) is 5.34. The summed E-state index contributed by atoms with van der Waals surface area (Å²) >= 11 is 2.95. The Morgan fingerprint density at radius 3 is 2.65 bits per heavy atom. The highest BCUT2D eigenvalue weighted by atomic mass is 32.1. The molecule has 0 bridgehead atoms. The number of thiazole rings is 1. The van der Waals surface area contributed by atoms with Crippen LogP contribution in [0.1, 0.15) is 22.3 Å². The molecule has 3 rings (SSSR count). The lowest BCUT2D eigenvalue weighted by Crippen LogP contribution is -2.13. The highest BCUT2D eigenvalue weighted by Crippen LogP contribution is 2.32. The van der Waals surface area contributed by atoms with Crippen molar-refractivity contribution in [1.29, 1.82) is 0 Å². The largest absolute Gasteiger partial charge is 0.495 e. The fraction of sp³-hybridized carbons (Fsp3) is 0.167. The van der Waals surface area contributed by atoms with Crippen molar-refractivity contribution in [2.45, 2.75) is 13.8 Å². The number of carbonyl (C=O) groups is 2. The van der Waals surface area contributed by atoms with E-state index in [0.29, 0.717) is 27.7 Å². The maximum Gasteiger partial charge on any atom is 0.267 e. The Hall–Kier alpha value is -2.71. The van der Waals surface area contributed by atoms with Crippen LogP contribution < -0.4 is 15.4 Å². The monoisotopic (exact) mass is 387 g/mol. The van der Waals surface area contributed by atoms with Gasteiger partial charge in [-0.05, 0) is 36.6 Å². The minimum Gasteiger partial charge on any atom is -0.495 e. The Morgan fingerprint density at radius 1 is 1.19 bits per heavy atom. The number of thiophene rings is 1. The molecule has 6 nitrogen and oxygen atoms in total. The summed E-state index contributed by atoms with van der Waals surface area (Å²) in [5.41, 5.74) is 1.75. The van der Waals surface area contributed by atoms with Gasteiger partial charge in [-0.25, -0.2) is 4.98 Å². The second-order valence-electron chi connectivity index (χ2n) is 5.46. The molecule has 26 heavy (non-hydrogen) atoms. The zero-order chi connectivity index (χ0) is 18.7. The zero-order valence-electron chi connectivity index (χ0n) is 14.5. The number of carbonyl (C=O) groups excluding carboxylic acids is 2. The molecule has 0 spiro atoms. The normalized spacial score (nSPS) is 10.4. The average Bonchev–Trinajstić information content (AvgIpc) is 3.24. The van der Waals surface area contributed by atoms with Gasteiger partial charge in [-0.2, -0.15) is 0 Å². The predicted octanol–water partition coefficient (Wildman–Crippen LogP) is 4.40. The number of benzene rings is 1. The predicted molar refractivity (Wildman–Crippen MR) is 105 cm³/mol. The maximum absolute atomic E-state index is 12.6. The van der Waals surface area contributed by atoms with Crippen LogP contribution in [0.25, 0.3) is 9.88 Å². The lowest BCUT2D eigenvalue weighted by Gasteiger charge is -2.11. The summed E-state index contributed by atoms with van der Waals surface area (Å²) in [6.45, 7) is 3.23. The number of aromatic nitrogens is 1. The van der Waals surface area contributed by atoms with Gasteiger partial charge in [0.2, 0.25) is 5.91 Å². The molecule has 0 saturated heterocycles. The van der Waals surface area contributed by atoms with E-state index in [1.165, 1.54) is 25.4 Å². The van der Waals surface area contributed by atoms with E-state index in [0.717, 1.165) is 9.88 Å². The van der Waals surface area contributed by atoms with Crippen LogP contribution in [0.2, 0.25) is 0 Å². The Labute approximate surface area is 158 Å². The van der Waals surface area contributed by atoms with E-state index in [4.69, 9.17) is 4.74 Å². The van der Waals surface area contributed by atoms with Crippen molar-refractivity contribution in [3.63, 3.8) is 0 Å². The first-order valence-electron chi connectivity index (χ1n) is 7.76. The molecular formula is C18H17N3O3S2. The van der Waals surface area contributed by atoms with E-state index in [-0.39, 0.29) is 11.8 Å². The van der Waals surface area contributed by atoms with Crippen LogP contribution in [0, 0.1) is 6.92 Å². The Bertz CT molecular complexity index is 949. The molecule has 0 unspecified atom stereocenters. The molecule has 2 heterocycles. The van der Waals surface area contributed by atoms with E-state index in [2.05, 4.69) is 15.6 Å². The van der Waals surface area contributed by atoms with Crippen molar-refractivity contribution >= 4 is 45.9 Å². The van der Waals surface area contributed by atoms with Crippen molar-refractivity contribution < 1.29 is 14.3 Å². The van der Waals surface area contributed by atoms with Crippen molar-refractivity contribution in [2.75, 3.05) is 17.7 Å². The number of anilines is 2. The van der Waals surface area contributed by atoms with Gasteiger partial charge >= 0.3 is 0 Å². The molecule has 8 heteroatoms. The van der Waals surface area contributed by atoms with Crippen LogP contribution in [-0.4, -0.2) is 23.9 Å². The summed E-state index contributed by atoms with van der Waals surface area (Å²) < 4.78 is 5.22. The van der Waals surface area contributed by atoms with Gasteiger partial charge < -0.3 is 15.4 Å². The summed E-state index contributed by atoms with van der Waals surface area (Å²) in [6.07, 6.45) is 0. The molecule has 0 atom stereocenters. The van der Waals surface area contributed by atoms with Gasteiger partial charge in [-0.15, -0.1) is 22.7 Å². The van der Waals surface area contributed by atoms with E-state index in [1.807, 2.05) is 24.4 Å². The number of hydrogen-bond acceptors (Lipinski definition) is 6. The van der Waals surface area contributed by atoms with Crippen molar-refractivity contribution in [3.05, 3.63) is 46.3 Å². The lowest BCUT2D eigenvalue weighted by molar-refractivity contribution is -0.114. The summed E-state index contributed by atoms with van der Waals surface area (Å²) in [7, 11) is 1.52. The number of rotatable bonds is 5. The maximum atomic E-state index is 12.6. The summed E-state index contributed by atoms with van der Waals surface area (Å²) in [4.78, 5) is 30.1. The van der Waals surface area contributed by atoms with Gasteiger partial charge in [-0.1, -0.05) is 6.07 Å². The van der Waals surface area contributed by atoms with E-state index >= 15 is 0 Å². The van der Waals surface area contributed by atoms with Gasteiger partial charge in [-0.3, -0.25) is 9.59 Å². The molecule has 1 aromatic carbocycles. The minimum absolute atomic E-state index is 0.217. The summed E-state index contributed by atoms with van der Waals surface area (Å²) in [5, 5.41) is 8.35. The molecule has 0 aliphatic heterocycles. The van der Waals surface area contributed by atoms with Crippen LogP contribution in [0.4, 0.5) is 11.4 Å². The third-order valence-corrected chi connectivity index (χ3v) is 5.70. The van der Waals surface area contributed by atoms with E-state index < -0.39 is 0 Å². The molecular weight excluding hydrogens is 370 g/mol. The van der Waals surface area contributed by atoms with Crippen LogP contribution in [0.5, 0.6) is 5.75 Å². The smallest absolute Gasteiger partial charge is 0.267 e. The minimum atomic E-state index is -0.234. The molecule has 0 aliphatic carbocycles. The second kappa shape index (κ2) is 7.67. The molecule has 0 saturated carbocycles. The molecule has 3 aromatic rings. The van der Waals surface area contributed by atoms with Gasteiger partial charge in [0.1, 0.15) is 15.6 Å². The molecule has 2 N–H and O–H groups in total. The summed E-state index contributed by atoms with van der Waals surface area (Å²) in [5.74, 6) is 0.0690. The van der Waals surface area contributed by atoms with Gasteiger partial charge in [0, 0.05) is 12.6 Å². The number of amides is 2. The van der Waals surface area contributed by atoms with E-state index in [9.17, 15) is 9.59 Å². The standard InChI is InChI=1S/C18H17N3O3S2/c1-10-16(26-18(19-10)15-5-4-8-25-15)17(23)21-12-6-7-14(24-3)13(9-12)20-11(2)22/h4-9H,1-3H3,(H,20,22)(H,21,23). The lowest BCUT2D eigenvalue weighted by atomic mass is 10.2. The van der Waals surface area contributed by atoms with Crippen molar-refractivity contribution in [1.82, 2.24) is 4.98 Å². The van der Waals surface area contributed by atoms with Crippen LogP contribution in [0.15, 0.2) is 35.7 Å². The summed E-state index contributed by atoms with van der Waals surface area (Å²) in [6, 6.07) is 9.01. The van der Waals surface area contributed by atoms with Crippen molar-refractivity contribution in [3.8, 4) is 15.6 Å². The van der Waals surface area contributed by atoms with Crippen LogP contribution >= 0.6 is 22.7 Å². The SMILES string of the molecule is COc1ccc(NC(=O)c2sc(-c3cccs3)nc2C)cc1NC(C)=O. The van der Waals surface area contributed by atoms with Crippen molar-refractivity contribution in [2.24, 2.45) is 0 Å². The number of ether oxygens (including phenoxy) is 1. The first-order chi connectivity index (χ1) is 12.5. The fourth-order valence-electron chi connectivity index (χ4n) is 2.37. The number of nitrogens with one attached hydrogen (secondary N) is 2. The zero-order valence-corrected chi connectivity index (χ0v) is 16.1. The Morgan fingerprint density at radius 2 is 2.00 bits per heavy atom. The number of hydrogen-bond donors (Lipinski definition) is 2. The molecule has 0 radical (unpaired) electrons. The number of methoxy groups -OCH3 is 1. The number of nitrogens with zero attached hydrogens (tertiary/aromatic N) is 1. The van der Waals surface area contributed by atoms with Crippen LogP contribution in [0.3, 0.4) is 0 Å². The third-order valence-electron chi connectivity index (χ3n) is 3.50. The highest BCUT2D eigenvalue weighted by Gasteiger charge is 2.17. The quantitative estimate of drug-likeness (QED) is 0.680. The molecule has 0 aliphatic rings. The first kappa shape index (κ1) is 18.1. The molecule has 0 fully saturated rings. The van der Waals surface area contributed by atoms with Gasteiger partial charge in [0.25, 0.3) is 5.91 Å².